The first-order chi connectivity index (χ1) is 10.6. The van der Waals surface area contributed by atoms with Crippen molar-refractivity contribution in [2.24, 2.45) is 5.73 Å². The predicted molar refractivity (Wildman–Crippen MR) is 87.7 cm³/mol. The summed E-state index contributed by atoms with van der Waals surface area (Å²) in [5.74, 6) is 0.588. The molecule has 0 bridgehead atoms. The minimum atomic E-state index is -0.275. The smallest absolute Gasteiger partial charge is 0.252 e. The van der Waals surface area contributed by atoms with Crippen LogP contribution in [0.2, 0.25) is 0 Å². The van der Waals surface area contributed by atoms with E-state index in [1.165, 1.54) is 6.07 Å². The van der Waals surface area contributed by atoms with Crippen LogP contribution in [0.1, 0.15) is 5.56 Å². The Morgan fingerprint density at radius 2 is 2.18 bits per heavy atom. The summed E-state index contributed by atoms with van der Waals surface area (Å²) in [6.45, 7) is 2.92. The summed E-state index contributed by atoms with van der Waals surface area (Å²) in [7, 11) is 0. The van der Waals surface area contributed by atoms with Gasteiger partial charge in [0.1, 0.15) is 12.4 Å². The minimum Gasteiger partial charge on any atom is -0.490 e. The van der Waals surface area contributed by atoms with Crippen LogP contribution in [-0.4, -0.2) is 34.4 Å². The maximum Gasteiger partial charge on any atom is 0.252 e. The van der Waals surface area contributed by atoms with Crippen molar-refractivity contribution >= 4 is 12.2 Å². The zero-order valence-electron chi connectivity index (χ0n) is 12.3. The van der Waals surface area contributed by atoms with Gasteiger partial charge in [0, 0.05) is 24.7 Å². The molecule has 0 amide bonds. The maximum absolute atomic E-state index is 11.8. The molecule has 0 aliphatic heterocycles. The number of H-pyrrole nitrogens is 1. The number of aryl methyl sites for hydroxylation is 1. The minimum absolute atomic E-state index is 0.0855. The first kappa shape index (κ1) is 16.4. The van der Waals surface area contributed by atoms with Crippen molar-refractivity contribution in [3.63, 3.8) is 0 Å². The van der Waals surface area contributed by atoms with Gasteiger partial charge < -0.3 is 20.1 Å². The molecule has 1 aromatic heterocycles. The van der Waals surface area contributed by atoms with E-state index < -0.39 is 0 Å². The first-order valence-electron chi connectivity index (χ1n) is 6.95. The van der Waals surface area contributed by atoms with E-state index in [-0.39, 0.29) is 18.8 Å². The molecule has 0 unspecified atom stereocenters. The molecule has 1 heterocycles. The molecule has 0 aliphatic carbocycles. The molecular weight excluding hydrogens is 302 g/mol. The molecule has 0 saturated heterocycles. The number of aromatic nitrogens is 2. The number of nitrogens with zero attached hydrogens (tertiary/aromatic N) is 1. The molecule has 0 spiro atoms. The summed E-state index contributed by atoms with van der Waals surface area (Å²) in [5.41, 5.74) is 7.79. The van der Waals surface area contributed by atoms with Gasteiger partial charge in [-0.1, -0.05) is 11.6 Å². The highest BCUT2D eigenvalue weighted by atomic mass is 32.1. The normalized spacial score (nSPS) is 10.7. The molecule has 0 radical (unpaired) electrons. The zero-order chi connectivity index (χ0) is 16.1. The molecule has 0 atom stereocenters. The van der Waals surface area contributed by atoms with Crippen LogP contribution in [0, 0.1) is 11.7 Å². The molecule has 0 fully saturated rings. The van der Waals surface area contributed by atoms with E-state index in [1.54, 1.807) is 4.57 Å². The summed E-state index contributed by atoms with van der Waals surface area (Å²) < 4.78 is 7.66. The van der Waals surface area contributed by atoms with Gasteiger partial charge in [-0.15, -0.1) is 0 Å². The van der Waals surface area contributed by atoms with E-state index in [0.717, 1.165) is 11.1 Å². The van der Waals surface area contributed by atoms with Crippen molar-refractivity contribution in [3.05, 3.63) is 45.0 Å². The fourth-order valence-electron chi connectivity index (χ4n) is 2.22. The molecule has 6 nitrogen and oxygen atoms in total. The Morgan fingerprint density at radius 1 is 1.41 bits per heavy atom. The number of hydrogen-bond donors (Lipinski definition) is 3. The summed E-state index contributed by atoms with van der Waals surface area (Å²) in [6, 6.07) is 7.12. The van der Waals surface area contributed by atoms with Crippen LogP contribution in [0.4, 0.5) is 0 Å². The summed E-state index contributed by atoms with van der Waals surface area (Å²) in [6.07, 6.45) is 0. The van der Waals surface area contributed by atoms with Gasteiger partial charge in [0.15, 0.2) is 4.77 Å². The number of aliphatic hydroxyl groups is 1. The van der Waals surface area contributed by atoms with Crippen LogP contribution < -0.4 is 16.0 Å². The summed E-state index contributed by atoms with van der Waals surface area (Å²) >= 11 is 5.23. The highest BCUT2D eigenvalue weighted by Gasteiger charge is 2.12. The molecule has 2 aromatic rings. The van der Waals surface area contributed by atoms with E-state index in [9.17, 15) is 4.79 Å². The largest absolute Gasteiger partial charge is 0.490 e. The Bertz CT molecular complexity index is 767. The predicted octanol–water partition coefficient (Wildman–Crippen LogP) is 1.21. The third-order valence-corrected chi connectivity index (χ3v) is 3.47. The third kappa shape index (κ3) is 3.62. The van der Waals surface area contributed by atoms with Gasteiger partial charge in [-0.05, 0) is 31.3 Å². The molecule has 0 saturated carbocycles. The number of nitrogens with two attached hydrogens (primary N) is 1. The highest BCUT2D eigenvalue weighted by Crippen LogP contribution is 2.30. The number of hydrogen-bond acceptors (Lipinski definition) is 5. The van der Waals surface area contributed by atoms with Crippen LogP contribution in [0.15, 0.2) is 29.1 Å². The van der Waals surface area contributed by atoms with Crippen molar-refractivity contribution in [1.29, 1.82) is 0 Å². The number of benzene rings is 1. The van der Waals surface area contributed by atoms with Crippen molar-refractivity contribution in [3.8, 4) is 17.0 Å². The van der Waals surface area contributed by atoms with Gasteiger partial charge in [0.25, 0.3) is 5.56 Å². The van der Waals surface area contributed by atoms with Crippen molar-refractivity contribution in [2.75, 3.05) is 19.8 Å². The second-order valence-corrected chi connectivity index (χ2v) is 5.22. The lowest BCUT2D eigenvalue weighted by molar-refractivity contribution is 0.202. The molecule has 2 rings (SSSR count). The van der Waals surface area contributed by atoms with Crippen LogP contribution in [0.3, 0.4) is 0 Å². The van der Waals surface area contributed by atoms with Gasteiger partial charge in [-0.2, -0.15) is 0 Å². The molecule has 22 heavy (non-hydrogen) atoms. The van der Waals surface area contributed by atoms with Crippen LogP contribution in [0.25, 0.3) is 11.3 Å². The van der Waals surface area contributed by atoms with Crippen molar-refractivity contribution < 1.29 is 9.84 Å². The molecule has 4 N–H and O–H groups in total. The molecule has 118 valence electrons. The number of aliphatic hydroxyl groups excluding tert-OH is 1. The van der Waals surface area contributed by atoms with Gasteiger partial charge in [0.2, 0.25) is 0 Å². The van der Waals surface area contributed by atoms with Crippen LogP contribution in [0.5, 0.6) is 5.75 Å². The number of rotatable bonds is 6. The number of ether oxygens (including phenoxy) is 1. The lowest BCUT2D eigenvalue weighted by Crippen LogP contribution is -2.19. The lowest BCUT2D eigenvalue weighted by Gasteiger charge is -2.16. The Kier molecular flexibility index (Phi) is 5.48. The zero-order valence-corrected chi connectivity index (χ0v) is 13.2. The maximum atomic E-state index is 11.8. The second kappa shape index (κ2) is 7.35. The van der Waals surface area contributed by atoms with E-state index in [1.807, 2.05) is 25.1 Å². The lowest BCUT2D eigenvalue weighted by atomic mass is 10.1. The summed E-state index contributed by atoms with van der Waals surface area (Å²) in [4.78, 5) is 14.4. The molecule has 0 aliphatic rings. The van der Waals surface area contributed by atoms with E-state index in [4.69, 9.17) is 27.8 Å². The molecule has 1 aromatic carbocycles. The monoisotopic (exact) mass is 321 g/mol. The van der Waals surface area contributed by atoms with Gasteiger partial charge in [0.05, 0.1) is 12.3 Å². The van der Waals surface area contributed by atoms with Gasteiger partial charge in [-0.25, -0.2) is 0 Å². The fraction of sp³-hybridized carbons (Fsp3) is 0.333. The van der Waals surface area contributed by atoms with E-state index in [2.05, 4.69) is 4.98 Å². The van der Waals surface area contributed by atoms with Crippen molar-refractivity contribution in [1.82, 2.24) is 9.55 Å². The second-order valence-electron chi connectivity index (χ2n) is 4.84. The Labute approximate surface area is 133 Å². The Balaban J connectivity index is 2.67. The standard InChI is InChI=1S/C15H19N3O3S/c1-10-2-3-13(21-7-6-19)11(8-10)12-9-14(20)17-15(22)18(12)5-4-16/h2-3,8-9,19H,4-7,16H2,1H3,(H,17,20,22). The SMILES string of the molecule is Cc1ccc(OCCO)c(-c2cc(=O)[nH]c(=S)n2CCN)c1. The van der Waals surface area contributed by atoms with E-state index in [0.29, 0.717) is 29.3 Å². The quantitative estimate of drug-likeness (QED) is 0.696. The van der Waals surface area contributed by atoms with E-state index >= 15 is 0 Å². The average molecular weight is 321 g/mol. The first-order valence-corrected chi connectivity index (χ1v) is 7.36. The fourth-order valence-corrected chi connectivity index (χ4v) is 2.51. The van der Waals surface area contributed by atoms with Crippen LogP contribution >= 0.6 is 12.2 Å². The molecule has 7 heteroatoms. The average Bonchev–Trinajstić information content (AvgIpc) is 2.48. The number of aromatic amines is 1. The summed E-state index contributed by atoms with van der Waals surface area (Å²) in [5, 5.41) is 8.95. The van der Waals surface area contributed by atoms with Gasteiger partial charge in [-0.3, -0.25) is 9.78 Å². The Hall–Kier alpha value is -1.96. The topological polar surface area (TPSA) is 93.3 Å². The van der Waals surface area contributed by atoms with Crippen molar-refractivity contribution in [2.45, 2.75) is 13.5 Å². The highest BCUT2D eigenvalue weighted by molar-refractivity contribution is 7.71. The number of nitrogens with one attached hydrogen (secondary N) is 1. The van der Waals surface area contributed by atoms with Gasteiger partial charge >= 0.3 is 0 Å². The Morgan fingerprint density at radius 3 is 2.86 bits per heavy atom. The van der Waals surface area contributed by atoms with Crippen LogP contribution in [-0.2, 0) is 6.54 Å². The third-order valence-electron chi connectivity index (χ3n) is 3.15. The molecular formula is C15H19N3O3S.